The number of esters is 1. The van der Waals surface area contributed by atoms with Gasteiger partial charge < -0.3 is 9.26 Å². The van der Waals surface area contributed by atoms with Gasteiger partial charge >= 0.3 is 13.7 Å². The maximum Gasteiger partial charge on any atom is 0.459 e. The molecule has 154 valence electrons. The van der Waals surface area contributed by atoms with Gasteiger partial charge in [0.25, 0.3) is 0 Å². The molecule has 7 heteroatoms. The van der Waals surface area contributed by atoms with E-state index in [1.54, 1.807) is 6.92 Å². The molecule has 0 spiro atoms. The zero-order chi connectivity index (χ0) is 20.8. The first kappa shape index (κ1) is 23.7. The average Bonchev–Trinajstić information content (AvgIpc) is 2.58. The monoisotopic (exact) mass is 399 g/mol. The summed E-state index contributed by atoms with van der Waals surface area (Å²) in [6.07, 6.45) is 0. The lowest BCUT2D eigenvalue weighted by molar-refractivity contribution is -0.143. The Hall–Kier alpha value is -1.36. The summed E-state index contributed by atoms with van der Waals surface area (Å²) in [5, 5.41) is 2.80. The Balaban J connectivity index is 3.37. The number of carbonyl (C=O) groups is 1. The summed E-state index contributed by atoms with van der Waals surface area (Å²) in [4.78, 5) is 12.1. The smallest absolute Gasteiger partial charge is 0.459 e. The minimum Gasteiger partial charge on any atom is -0.468 e. The van der Waals surface area contributed by atoms with Gasteiger partial charge in [0, 0.05) is 0 Å². The SMILES string of the molecule is CCOP(=O)(N[C@H](C(=O)OC)C(C)C)Oc1c(C(C)C)cccc1C(C)C. The van der Waals surface area contributed by atoms with Gasteiger partial charge in [-0.3, -0.25) is 9.32 Å². The standard InChI is InChI=1S/C20H34NO5P/c1-9-25-27(23,21-18(15(6)7)20(22)24-8)26-19-16(13(2)3)11-10-12-17(19)14(4)5/h10-15,18H,9H2,1-8H3,(H,21,23)/t18-,27?/m0/s1. The van der Waals surface area contributed by atoms with Crippen LogP contribution in [-0.2, 0) is 18.6 Å². The van der Waals surface area contributed by atoms with E-state index in [0.717, 1.165) is 11.1 Å². The van der Waals surface area contributed by atoms with E-state index in [9.17, 15) is 9.36 Å². The van der Waals surface area contributed by atoms with Crippen molar-refractivity contribution in [3.63, 3.8) is 0 Å². The van der Waals surface area contributed by atoms with Crippen molar-refractivity contribution in [1.82, 2.24) is 5.09 Å². The molecule has 0 aliphatic carbocycles. The number of para-hydroxylation sites is 1. The van der Waals surface area contributed by atoms with Crippen molar-refractivity contribution < 1.29 is 23.1 Å². The van der Waals surface area contributed by atoms with Gasteiger partial charge in [-0.15, -0.1) is 0 Å². The van der Waals surface area contributed by atoms with Crippen LogP contribution in [0, 0.1) is 5.92 Å². The highest BCUT2D eigenvalue weighted by atomic mass is 31.2. The molecule has 0 aliphatic rings. The lowest BCUT2D eigenvalue weighted by Crippen LogP contribution is -2.41. The number of hydrogen-bond donors (Lipinski definition) is 1. The maximum atomic E-state index is 13.5. The first-order valence-electron chi connectivity index (χ1n) is 9.48. The number of carbonyl (C=O) groups excluding carboxylic acids is 1. The lowest BCUT2D eigenvalue weighted by Gasteiger charge is -2.28. The van der Waals surface area contributed by atoms with E-state index in [1.807, 2.05) is 32.0 Å². The molecule has 0 saturated heterocycles. The summed E-state index contributed by atoms with van der Waals surface area (Å²) in [6, 6.07) is 5.09. The number of methoxy groups -OCH3 is 1. The Morgan fingerprint density at radius 3 is 1.96 bits per heavy atom. The predicted molar refractivity (Wildman–Crippen MR) is 108 cm³/mol. The van der Waals surface area contributed by atoms with Crippen molar-refractivity contribution in [2.24, 2.45) is 5.92 Å². The van der Waals surface area contributed by atoms with Crippen LogP contribution in [0.4, 0.5) is 0 Å². The third-order valence-electron chi connectivity index (χ3n) is 4.25. The third kappa shape index (κ3) is 6.34. The van der Waals surface area contributed by atoms with E-state index in [-0.39, 0.29) is 24.4 Å². The Labute approximate surface area is 163 Å². The second-order valence-electron chi connectivity index (χ2n) is 7.46. The van der Waals surface area contributed by atoms with Gasteiger partial charge in [0.1, 0.15) is 11.8 Å². The van der Waals surface area contributed by atoms with Gasteiger partial charge in [0.15, 0.2) is 0 Å². The topological polar surface area (TPSA) is 73.9 Å². The zero-order valence-electron chi connectivity index (χ0n) is 17.7. The van der Waals surface area contributed by atoms with Crippen LogP contribution in [0.15, 0.2) is 18.2 Å². The first-order chi connectivity index (χ1) is 12.6. The molecule has 1 unspecified atom stereocenters. The highest BCUT2D eigenvalue weighted by molar-refractivity contribution is 7.52. The molecule has 0 heterocycles. The van der Waals surface area contributed by atoms with E-state index < -0.39 is 19.8 Å². The van der Waals surface area contributed by atoms with Crippen LogP contribution in [0.25, 0.3) is 0 Å². The molecule has 1 aromatic rings. The number of ether oxygens (including phenoxy) is 1. The second-order valence-corrected chi connectivity index (χ2v) is 9.15. The van der Waals surface area contributed by atoms with Crippen LogP contribution in [0.1, 0.15) is 71.4 Å². The van der Waals surface area contributed by atoms with Crippen molar-refractivity contribution in [3.8, 4) is 5.75 Å². The van der Waals surface area contributed by atoms with Crippen molar-refractivity contribution in [2.45, 2.75) is 66.3 Å². The highest BCUT2D eigenvalue weighted by Gasteiger charge is 2.36. The Morgan fingerprint density at radius 1 is 1.07 bits per heavy atom. The van der Waals surface area contributed by atoms with E-state index in [4.69, 9.17) is 13.8 Å². The fraction of sp³-hybridized carbons (Fsp3) is 0.650. The molecule has 1 rings (SSSR count). The van der Waals surface area contributed by atoms with Gasteiger partial charge in [-0.1, -0.05) is 59.7 Å². The van der Waals surface area contributed by atoms with E-state index in [2.05, 4.69) is 32.8 Å². The number of rotatable bonds is 10. The molecule has 0 aromatic heterocycles. The molecule has 2 atom stereocenters. The van der Waals surface area contributed by atoms with Crippen LogP contribution < -0.4 is 9.61 Å². The molecular weight excluding hydrogens is 365 g/mol. The van der Waals surface area contributed by atoms with Crippen LogP contribution in [-0.4, -0.2) is 25.7 Å². The zero-order valence-corrected chi connectivity index (χ0v) is 18.6. The quantitative estimate of drug-likeness (QED) is 0.428. The Bertz CT molecular complexity index is 646. The van der Waals surface area contributed by atoms with Gasteiger partial charge in [-0.05, 0) is 35.8 Å². The highest BCUT2D eigenvalue weighted by Crippen LogP contribution is 2.49. The lowest BCUT2D eigenvalue weighted by atomic mass is 9.94. The molecule has 1 aromatic carbocycles. The largest absolute Gasteiger partial charge is 0.468 e. The van der Waals surface area contributed by atoms with E-state index >= 15 is 0 Å². The predicted octanol–water partition coefficient (Wildman–Crippen LogP) is 5.24. The maximum absolute atomic E-state index is 13.5. The average molecular weight is 399 g/mol. The van der Waals surface area contributed by atoms with Crippen molar-refractivity contribution in [3.05, 3.63) is 29.3 Å². The van der Waals surface area contributed by atoms with Gasteiger partial charge in [-0.2, -0.15) is 5.09 Å². The van der Waals surface area contributed by atoms with Gasteiger partial charge in [-0.25, -0.2) is 4.57 Å². The Morgan fingerprint density at radius 2 is 1.59 bits per heavy atom. The Kier molecular flexibility index (Phi) is 9.00. The molecule has 0 saturated carbocycles. The number of nitrogens with one attached hydrogen (secondary N) is 1. The summed E-state index contributed by atoms with van der Waals surface area (Å²) in [5.74, 6) is 0.249. The molecule has 0 aliphatic heterocycles. The molecule has 0 bridgehead atoms. The van der Waals surface area contributed by atoms with Gasteiger partial charge in [0.2, 0.25) is 0 Å². The summed E-state index contributed by atoms with van der Waals surface area (Å²) in [6.45, 7) is 13.8. The van der Waals surface area contributed by atoms with Crippen molar-refractivity contribution in [2.75, 3.05) is 13.7 Å². The molecule has 0 radical (unpaired) electrons. The first-order valence-corrected chi connectivity index (χ1v) is 11.0. The van der Waals surface area contributed by atoms with Crippen LogP contribution >= 0.6 is 7.75 Å². The number of benzene rings is 1. The summed E-state index contributed by atoms with van der Waals surface area (Å²) >= 11 is 0. The minimum atomic E-state index is -3.80. The van der Waals surface area contributed by atoms with E-state index in [1.165, 1.54) is 7.11 Å². The molecule has 1 N–H and O–H groups in total. The molecule has 6 nitrogen and oxygen atoms in total. The molecular formula is C20H34NO5P. The fourth-order valence-corrected chi connectivity index (χ4v) is 4.45. The van der Waals surface area contributed by atoms with Gasteiger partial charge in [0.05, 0.1) is 13.7 Å². The summed E-state index contributed by atoms with van der Waals surface area (Å²) in [7, 11) is -2.50. The second kappa shape index (κ2) is 10.3. The molecule has 0 amide bonds. The number of hydrogen-bond acceptors (Lipinski definition) is 5. The molecule has 27 heavy (non-hydrogen) atoms. The summed E-state index contributed by atoms with van der Waals surface area (Å²) < 4.78 is 29.9. The minimum absolute atomic E-state index is 0.153. The third-order valence-corrected chi connectivity index (χ3v) is 5.86. The normalized spacial score (nSPS) is 15.1. The summed E-state index contributed by atoms with van der Waals surface area (Å²) in [5.41, 5.74) is 1.89. The van der Waals surface area contributed by atoms with Crippen LogP contribution in [0.3, 0.4) is 0 Å². The van der Waals surface area contributed by atoms with Crippen molar-refractivity contribution >= 4 is 13.7 Å². The van der Waals surface area contributed by atoms with E-state index in [0.29, 0.717) is 5.75 Å². The van der Waals surface area contributed by atoms with Crippen molar-refractivity contribution in [1.29, 1.82) is 0 Å². The molecule has 0 fully saturated rings. The fourth-order valence-electron chi connectivity index (χ4n) is 2.74. The van der Waals surface area contributed by atoms with Crippen LogP contribution in [0.5, 0.6) is 5.75 Å². The van der Waals surface area contributed by atoms with Crippen LogP contribution in [0.2, 0.25) is 0 Å².